The van der Waals surface area contributed by atoms with E-state index in [1.807, 2.05) is 43.3 Å². The Morgan fingerprint density at radius 3 is 2.28 bits per heavy atom. The van der Waals surface area contributed by atoms with E-state index in [1.165, 1.54) is 44.3 Å². The van der Waals surface area contributed by atoms with Crippen molar-refractivity contribution < 1.29 is 23.9 Å². The highest BCUT2D eigenvalue weighted by atomic mass is 16.6. The molecule has 1 aliphatic heterocycles. The maximum Gasteiger partial charge on any atom is 0.315 e. The zero-order valence-electron chi connectivity index (χ0n) is 35.0. The van der Waals surface area contributed by atoms with E-state index in [2.05, 4.69) is 74.4 Å². The Labute approximate surface area is 350 Å². The third kappa shape index (κ3) is 9.96. The number of carbonyl (C=O) groups is 3. The molecule has 0 bridgehead atoms. The van der Waals surface area contributed by atoms with E-state index in [9.17, 15) is 14.4 Å². The monoisotopic (exact) mass is 820 g/mol. The van der Waals surface area contributed by atoms with E-state index >= 15 is 0 Å². The molecule has 17 nitrogen and oxygen atoms in total. The molecule has 4 heterocycles. The van der Waals surface area contributed by atoms with Crippen molar-refractivity contribution in [2.45, 2.75) is 116 Å². The number of imidazole rings is 1. The number of urea groups is 1. The quantitative estimate of drug-likeness (QED) is 0.0962. The van der Waals surface area contributed by atoms with Crippen molar-refractivity contribution in [3.8, 4) is 0 Å². The molecular weight excluding hydrogens is 765 g/mol. The van der Waals surface area contributed by atoms with Crippen LogP contribution in [0.4, 0.5) is 10.6 Å². The van der Waals surface area contributed by atoms with Gasteiger partial charge in [-0.1, -0.05) is 73.5 Å². The molecule has 0 radical (unpaired) electrons. The Morgan fingerprint density at radius 1 is 0.967 bits per heavy atom. The predicted octanol–water partition coefficient (Wildman–Crippen LogP) is 5.33. The molecule has 17 heteroatoms. The van der Waals surface area contributed by atoms with Crippen LogP contribution in [0.25, 0.3) is 11.2 Å². The van der Waals surface area contributed by atoms with Crippen molar-refractivity contribution in [2.75, 3.05) is 25.0 Å². The molecule has 2 aromatic carbocycles. The van der Waals surface area contributed by atoms with Crippen molar-refractivity contribution >= 4 is 34.8 Å². The molecule has 1 saturated heterocycles. The molecule has 5 aromatic rings. The van der Waals surface area contributed by atoms with Crippen LogP contribution < -0.4 is 16.0 Å². The number of aromatic nitrogens is 8. The number of esters is 1. The minimum Gasteiger partial charge on any atom is -0.459 e. The average molecular weight is 821 g/mol. The fourth-order valence-electron chi connectivity index (χ4n) is 8.55. The van der Waals surface area contributed by atoms with Crippen LogP contribution in [0.2, 0.25) is 0 Å². The molecule has 2 aliphatic rings. The second-order valence-electron chi connectivity index (χ2n) is 15.9. The van der Waals surface area contributed by atoms with Gasteiger partial charge in [0.25, 0.3) is 0 Å². The largest absolute Gasteiger partial charge is 0.459 e. The van der Waals surface area contributed by atoms with Crippen LogP contribution in [0.3, 0.4) is 0 Å². The maximum absolute atomic E-state index is 13.2. The summed E-state index contributed by atoms with van der Waals surface area (Å²) in [5, 5.41) is 22.3. The molecule has 60 heavy (non-hydrogen) atoms. The van der Waals surface area contributed by atoms with Gasteiger partial charge in [0.15, 0.2) is 28.9 Å². The number of benzene rings is 2. The van der Waals surface area contributed by atoms with Crippen LogP contribution in [0.5, 0.6) is 0 Å². The van der Waals surface area contributed by atoms with Gasteiger partial charge in [0.2, 0.25) is 5.82 Å². The first-order valence-electron chi connectivity index (χ1n) is 21.0. The lowest BCUT2D eigenvalue weighted by Crippen LogP contribution is -2.45. The van der Waals surface area contributed by atoms with Gasteiger partial charge in [0.1, 0.15) is 18.1 Å². The lowest BCUT2D eigenvalue weighted by atomic mass is 9.91. The van der Waals surface area contributed by atoms with Crippen LogP contribution in [-0.4, -0.2) is 100 Å². The third-order valence-electron chi connectivity index (χ3n) is 11.3. The maximum atomic E-state index is 13.2. The summed E-state index contributed by atoms with van der Waals surface area (Å²) in [5.41, 5.74) is 3.10. The third-order valence-corrected chi connectivity index (χ3v) is 11.3. The first kappa shape index (κ1) is 42.3. The van der Waals surface area contributed by atoms with E-state index in [0.29, 0.717) is 54.5 Å². The Morgan fingerprint density at radius 2 is 1.67 bits per heavy atom. The molecule has 0 unspecified atom stereocenters. The number of amides is 2. The van der Waals surface area contributed by atoms with Crippen LogP contribution >= 0.6 is 0 Å². The highest BCUT2D eigenvalue weighted by molar-refractivity contribution is 5.83. The van der Waals surface area contributed by atoms with Crippen molar-refractivity contribution in [3.05, 3.63) is 89.8 Å². The Balaban J connectivity index is 1.20. The lowest BCUT2D eigenvalue weighted by molar-refractivity contribution is -0.151. The highest BCUT2D eigenvalue weighted by Gasteiger charge is 2.51. The number of anilines is 1. The van der Waals surface area contributed by atoms with Gasteiger partial charge in [-0.25, -0.2) is 19.7 Å². The molecule has 7 rings (SSSR count). The molecule has 2 amide bonds. The number of ether oxygens (including phenoxy) is 2. The molecular formula is C43H56N12O5. The topological polar surface area (TPSA) is 196 Å². The average Bonchev–Trinajstić information content (AvgIpc) is 4.07. The van der Waals surface area contributed by atoms with E-state index in [1.54, 1.807) is 10.9 Å². The summed E-state index contributed by atoms with van der Waals surface area (Å²) in [6, 6.07) is 21.1. The number of aryl methyl sites for hydroxylation is 1. The van der Waals surface area contributed by atoms with E-state index in [-0.39, 0.29) is 36.5 Å². The second-order valence-corrected chi connectivity index (χ2v) is 15.9. The molecule has 318 valence electrons. The molecule has 1 aliphatic carbocycles. The first-order valence-corrected chi connectivity index (χ1v) is 21.0. The number of tetrazole rings is 1. The second kappa shape index (κ2) is 19.5. The van der Waals surface area contributed by atoms with Gasteiger partial charge >= 0.3 is 12.0 Å². The standard InChI is InChI=1S/C43H56N12O5/c1-6-55-51-40(50-52-55)38-37(59-29(5)57)33(23-28(4)56)42(60-38)54-26-47-36-39(45-24-34(30-15-9-7-10-16-30)31-17-11-8-12-18-31)48-35(49-41(36)54)25-46-43(58)44-21-22-53(27(2)3)32-19-13-14-20-32/h7-12,15-18,26-27,32-34,37-38,42H,6,13-14,19-25H2,1-5H3,(H2,44,46,58)(H,45,48,49)/t33-,37+,38+,42-/m1/s1. The first-order chi connectivity index (χ1) is 29.1. The summed E-state index contributed by atoms with van der Waals surface area (Å²) >= 11 is 0. The van der Waals surface area contributed by atoms with Gasteiger partial charge in [0, 0.05) is 51.0 Å². The summed E-state index contributed by atoms with van der Waals surface area (Å²) in [4.78, 5) is 57.0. The molecule has 1 saturated carbocycles. The van der Waals surface area contributed by atoms with Crippen LogP contribution in [0.15, 0.2) is 67.0 Å². The Bertz CT molecular complexity index is 2170. The smallest absolute Gasteiger partial charge is 0.315 e. The Hall–Kier alpha value is -5.81. The predicted molar refractivity (Wildman–Crippen MR) is 224 cm³/mol. The summed E-state index contributed by atoms with van der Waals surface area (Å²) in [6.07, 6.45) is 3.78. The zero-order valence-corrected chi connectivity index (χ0v) is 35.0. The minimum atomic E-state index is -0.928. The molecule has 4 atom stereocenters. The van der Waals surface area contributed by atoms with E-state index in [0.717, 1.165) is 17.7 Å². The number of nitrogens with one attached hydrogen (secondary N) is 3. The minimum absolute atomic E-state index is 0.0179. The fourth-order valence-corrected chi connectivity index (χ4v) is 8.55. The van der Waals surface area contributed by atoms with E-state index in [4.69, 9.17) is 24.4 Å². The summed E-state index contributed by atoms with van der Waals surface area (Å²) in [5.74, 6) is -0.340. The number of hydrogen-bond donors (Lipinski definition) is 3. The summed E-state index contributed by atoms with van der Waals surface area (Å²) in [6.45, 7) is 11.3. The van der Waals surface area contributed by atoms with Crippen molar-refractivity contribution in [1.29, 1.82) is 0 Å². The van der Waals surface area contributed by atoms with Crippen molar-refractivity contribution in [2.24, 2.45) is 5.92 Å². The zero-order chi connectivity index (χ0) is 42.2. The number of Topliss-reactive ketones (excluding diaryl/α,β-unsaturated/α-hetero) is 1. The molecule has 3 N–H and O–H groups in total. The lowest BCUT2D eigenvalue weighted by Gasteiger charge is -2.32. The molecule has 0 spiro atoms. The van der Waals surface area contributed by atoms with Gasteiger partial charge < -0.3 is 30.2 Å². The summed E-state index contributed by atoms with van der Waals surface area (Å²) in [7, 11) is 0. The number of fused-ring (bicyclic) bond motifs is 1. The van der Waals surface area contributed by atoms with Crippen molar-refractivity contribution in [3.63, 3.8) is 0 Å². The number of nitrogens with zero attached hydrogens (tertiary/aromatic N) is 9. The van der Waals surface area contributed by atoms with Crippen molar-refractivity contribution in [1.82, 2.24) is 55.3 Å². The fraction of sp³-hybridized carbons (Fsp3) is 0.512. The van der Waals surface area contributed by atoms with Crippen LogP contribution in [0, 0.1) is 5.92 Å². The number of carbonyl (C=O) groups excluding carboxylic acids is 3. The number of ketones is 1. The number of hydrogen-bond acceptors (Lipinski definition) is 13. The Kier molecular flexibility index (Phi) is 13.8. The summed E-state index contributed by atoms with van der Waals surface area (Å²) < 4.78 is 14.2. The van der Waals surface area contributed by atoms with Gasteiger partial charge in [-0.15, -0.1) is 10.2 Å². The van der Waals surface area contributed by atoms with Gasteiger partial charge in [-0.3, -0.25) is 14.3 Å². The normalized spacial score (nSPS) is 19.4. The molecule has 2 fully saturated rings. The van der Waals surface area contributed by atoms with Crippen LogP contribution in [0.1, 0.15) is 108 Å². The van der Waals surface area contributed by atoms with Gasteiger partial charge in [-0.2, -0.15) is 4.80 Å². The molecule has 3 aromatic heterocycles. The highest BCUT2D eigenvalue weighted by Crippen LogP contribution is 2.46. The van der Waals surface area contributed by atoms with Gasteiger partial charge in [0.05, 0.1) is 25.3 Å². The van der Waals surface area contributed by atoms with Crippen LogP contribution in [-0.2, 0) is 32.2 Å². The number of rotatable bonds is 18. The van der Waals surface area contributed by atoms with Gasteiger partial charge in [-0.05, 0) is 56.9 Å². The van der Waals surface area contributed by atoms with E-state index < -0.39 is 30.3 Å². The SMILES string of the molecule is CCn1nnc([C@H]2O[C@@H](n3cnc4c(NCC(c5ccccc5)c5ccccc5)nc(CNC(=O)NCCN(C(C)C)C5CCCC5)nc43)[C@H](CC(C)=O)[C@@H]2OC(C)=O)n1.